The molecule has 166 valence electrons. The number of hydrogen-bond donors (Lipinski definition) is 1. The van der Waals surface area contributed by atoms with Gasteiger partial charge in [0, 0.05) is 12.5 Å². The molecule has 2 heterocycles. The zero-order valence-corrected chi connectivity index (χ0v) is 17.4. The largest absolute Gasteiger partial charge is 0.391 e. The second-order valence-electron chi connectivity index (χ2n) is 7.25. The van der Waals surface area contributed by atoms with Crippen molar-refractivity contribution in [1.29, 1.82) is 5.26 Å². The summed E-state index contributed by atoms with van der Waals surface area (Å²) in [6, 6.07) is 6.24. The number of carbonyl (C=O) groups is 1. The molecule has 1 aromatic rings. The molecule has 1 saturated carbocycles. The molecule has 1 aliphatic carbocycles. The Morgan fingerprint density at radius 1 is 1.29 bits per heavy atom. The maximum Gasteiger partial charge on any atom is 0.391 e. The zero-order chi connectivity index (χ0) is 22.8. The van der Waals surface area contributed by atoms with Gasteiger partial charge in [-0.05, 0) is 50.8 Å². The standard InChI is InChI=1S/C19H20F3N5O3S/c1-2-27-16(18(28)25-17-5-3-4-14(11-23)24-17)10-15(26-31(27,29)30)12-6-8-13(9-7-12)19(20,21)22/h3-5,10,12-13H,2,6-9H2,1H3,(H,24,25,28). The molecule has 2 aliphatic rings. The highest BCUT2D eigenvalue weighted by atomic mass is 32.2. The van der Waals surface area contributed by atoms with Gasteiger partial charge in [0.2, 0.25) is 0 Å². The van der Waals surface area contributed by atoms with Crippen molar-refractivity contribution in [2.24, 2.45) is 16.2 Å². The van der Waals surface area contributed by atoms with E-state index in [9.17, 15) is 26.4 Å². The minimum atomic E-state index is -4.28. The van der Waals surface area contributed by atoms with Crippen LogP contribution < -0.4 is 5.32 Å². The Morgan fingerprint density at radius 2 is 1.97 bits per heavy atom. The third kappa shape index (κ3) is 5.04. The van der Waals surface area contributed by atoms with E-state index < -0.39 is 34.1 Å². The fraction of sp³-hybridized carbons (Fsp3) is 0.474. The summed E-state index contributed by atoms with van der Waals surface area (Å²) in [7, 11) is -4.22. The molecule has 0 radical (unpaired) electrons. The van der Waals surface area contributed by atoms with Gasteiger partial charge in [-0.25, -0.2) is 9.29 Å². The number of anilines is 1. The van der Waals surface area contributed by atoms with E-state index >= 15 is 0 Å². The number of likely N-dealkylation sites (N-methyl/N-ethyl adjacent to an activating group) is 1. The van der Waals surface area contributed by atoms with E-state index in [1.165, 1.54) is 31.2 Å². The van der Waals surface area contributed by atoms with Gasteiger partial charge in [0.05, 0.1) is 11.6 Å². The lowest BCUT2D eigenvalue weighted by Gasteiger charge is -2.32. The van der Waals surface area contributed by atoms with Gasteiger partial charge in [-0.15, -0.1) is 4.40 Å². The molecule has 0 bridgehead atoms. The van der Waals surface area contributed by atoms with Crippen LogP contribution >= 0.6 is 0 Å². The van der Waals surface area contributed by atoms with E-state index in [1.807, 2.05) is 6.07 Å². The number of rotatable bonds is 4. The van der Waals surface area contributed by atoms with Gasteiger partial charge in [0.25, 0.3) is 5.91 Å². The topological polar surface area (TPSA) is 116 Å². The Bertz CT molecular complexity index is 1070. The van der Waals surface area contributed by atoms with Crippen LogP contribution in [0.2, 0.25) is 0 Å². The highest BCUT2D eigenvalue weighted by molar-refractivity contribution is 7.88. The first-order chi connectivity index (χ1) is 14.5. The number of nitriles is 1. The first-order valence-electron chi connectivity index (χ1n) is 9.64. The molecule has 0 saturated heterocycles. The average Bonchev–Trinajstić information content (AvgIpc) is 2.72. The van der Waals surface area contributed by atoms with Gasteiger partial charge in [-0.1, -0.05) is 6.07 Å². The molecular weight excluding hydrogens is 435 g/mol. The van der Waals surface area contributed by atoms with Crippen molar-refractivity contribution in [2.75, 3.05) is 11.9 Å². The molecule has 1 aromatic heterocycles. The van der Waals surface area contributed by atoms with E-state index in [0.29, 0.717) is 0 Å². The second kappa shape index (κ2) is 8.66. The van der Waals surface area contributed by atoms with Crippen LogP contribution in [0.25, 0.3) is 0 Å². The number of alkyl halides is 3. The third-order valence-electron chi connectivity index (χ3n) is 5.29. The van der Waals surface area contributed by atoms with Gasteiger partial charge >= 0.3 is 16.4 Å². The summed E-state index contributed by atoms with van der Waals surface area (Å²) in [5, 5.41) is 11.4. The zero-order valence-electron chi connectivity index (χ0n) is 16.6. The molecule has 12 heteroatoms. The molecule has 0 atom stereocenters. The van der Waals surface area contributed by atoms with E-state index in [1.54, 1.807) is 0 Å². The van der Waals surface area contributed by atoms with Gasteiger partial charge in [0.1, 0.15) is 23.3 Å². The maximum absolute atomic E-state index is 12.9. The molecule has 8 nitrogen and oxygen atoms in total. The molecular formula is C19H20F3N5O3S. The van der Waals surface area contributed by atoms with Crippen molar-refractivity contribution < 1.29 is 26.4 Å². The Hall–Kier alpha value is -2.94. The summed E-state index contributed by atoms with van der Waals surface area (Å²) < 4.78 is 68.7. The fourth-order valence-electron chi connectivity index (χ4n) is 3.71. The number of halogens is 3. The van der Waals surface area contributed by atoms with E-state index in [4.69, 9.17) is 5.26 Å². The predicted octanol–water partition coefficient (Wildman–Crippen LogP) is 3.17. The van der Waals surface area contributed by atoms with E-state index in [-0.39, 0.29) is 55.1 Å². The van der Waals surface area contributed by atoms with Crippen LogP contribution in [0.15, 0.2) is 34.4 Å². The van der Waals surface area contributed by atoms with Crippen LogP contribution in [-0.4, -0.2) is 42.0 Å². The number of pyridine rings is 1. The first-order valence-corrected chi connectivity index (χ1v) is 11.0. The van der Waals surface area contributed by atoms with Crippen molar-refractivity contribution >= 4 is 27.6 Å². The number of amides is 1. The van der Waals surface area contributed by atoms with Gasteiger partial charge in [0.15, 0.2) is 0 Å². The monoisotopic (exact) mass is 455 g/mol. The summed E-state index contributed by atoms with van der Waals surface area (Å²) in [5.74, 6) is -2.62. The molecule has 0 unspecified atom stereocenters. The lowest BCUT2D eigenvalue weighted by Crippen LogP contribution is -2.40. The van der Waals surface area contributed by atoms with Crippen molar-refractivity contribution in [2.45, 2.75) is 38.8 Å². The molecule has 0 spiro atoms. The molecule has 0 aromatic carbocycles. The fourth-order valence-corrected chi connectivity index (χ4v) is 4.99. The highest BCUT2D eigenvalue weighted by Gasteiger charge is 2.43. The number of allylic oxidation sites excluding steroid dienone is 1. The third-order valence-corrected chi connectivity index (χ3v) is 6.74. The SMILES string of the molecule is CCN1C(C(=O)Nc2cccc(C#N)n2)=CC(C2CCC(C(F)(F)F)CC2)=NS1(=O)=O. The molecule has 1 N–H and O–H groups in total. The quantitative estimate of drug-likeness (QED) is 0.749. The maximum atomic E-state index is 12.9. The summed E-state index contributed by atoms with van der Waals surface area (Å²) >= 11 is 0. The molecule has 1 aliphatic heterocycles. The molecule has 1 amide bonds. The highest BCUT2D eigenvalue weighted by Crippen LogP contribution is 2.40. The Labute approximate surface area is 177 Å². The van der Waals surface area contributed by atoms with Gasteiger partial charge in [-0.2, -0.15) is 26.9 Å². The number of nitrogens with zero attached hydrogens (tertiary/aromatic N) is 4. The summed E-state index contributed by atoms with van der Waals surface area (Å²) in [6.45, 7) is 1.47. The summed E-state index contributed by atoms with van der Waals surface area (Å²) in [5.41, 5.74) is -0.0529. The minimum absolute atomic E-state index is 0.0631. The van der Waals surface area contributed by atoms with Crippen molar-refractivity contribution in [3.05, 3.63) is 35.7 Å². The van der Waals surface area contributed by atoms with Gasteiger partial charge in [-0.3, -0.25) is 4.79 Å². The molecule has 3 rings (SSSR count). The van der Waals surface area contributed by atoms with Gasteiger partial charge < -0.3 is 5.32 Å². The van der Waals surface area contributed by atoms with Crippen LogP contribution in [0.3, 0.4) is 0 Å². The number of nitrogens with one attached hydrogen (secondary N) is 1. The Balaban J connectivity index is 1.86. The minimum Gasteiger partial charge on any atom is -0.305 e. The Morgan fingerprint density at radius 3 is 2.55 bits per heavy atom. The van der Waals surface area contributed by atoms with Crippen molar-refractivity contribution in [1.82, 2.24) is 9.29 Å². The number of hydrogen-bond acceptors (Lipinski definition) is 5. The van der Waals surface area contributed by atoms with Crippen LogP contribution in [0, 0.1) is 23.2 Å². The van der Waals surface area contributed by atoms with E-state index in [2.05, 4.69) is 14.7 Å². The lowest BCUT2D eigenvalue weighted by molar-refractivity contribution is -0.182. The van der Waals surface area contributed by atoms with Crippen molar-refractivity contribution in [3.63, 3.8) is 0 Å². The number of carbonyl (C=O) groups excluding carboxylic acids is 1. The van der Waals surface area contributed by atoms with Crippen molar-refractivity contribution in [3.8, 4) is 6.07 Å². The summed E-state index contributed by atoms with van der Waals surface area (Å²) in [4.78, 5) is 16.8. The Kier molecular flexibility index (Phi) is 6.35. The smallest absolute Gasteiger partial charge is 0.305 e. The van der Waals surface area contributed by atoms with E-state index in [0.717, 1.165) is 4.31 Å². The first kappa shape index (κ1) is 22.7. The second-order valence-corrected chi connectivity index (χ2v) is 8.77. The predicted molar refractivity (Wildman–Crippen MR) is 106 cm³/mol. The number of aromatic nitrogens is 1. The van der Waals surface area contributed by atoms with Crippen LogP contribution in [-0.2, 0) is 15.0 Å². The molecule has 31 heavy (non-hydrogen) atoms. The molecule has 1 fully saturated rings. The lowest BCUT2D eigenvalue weighted by atomic mass is 9.79. The average molecular weight is 455 g/mol. The van der Waals surface area contributed by atoms with Crippen LogP contribution in [0.1, 0.15) is 38.3 Å². The van der Waals surface area contributed by atoms with Crippen LogP contribution in [0.4, 0.5) is 19.0 Å². The normalized spacial score (nSPS) is 23.4. The summed E-state index contributed by atoms with van der Waals surface area (Å²) in [6.07, 6.45) is -2.96. The van der Waals surface area contributed by atoms with Crippen LogP contribution in [0.5, 0.6) is 0 Å².